The highest BCUT2D eigenvalue weighted by Crippen LogP contribution is 2.14. The van der Waals surface area contributed by atoms with E-state index in [1.165, 1.54) is 0 Å². The number of ether oxygens (including phenoxy) is 1. The van der Waals surface area contributed by atoms with Crippen LogP contribution in [0.4, 0.5) is 0 Å². The molecule has 1 saturated heterocycles. The van der Waals surface area contributed by atoms with Gasteiger partial charge in [0.25, 0.3) is 0 Å². The summed E-state index contributed by atoms with van der Waals surface area (Å²) in [5.74, 6) is 0.0381. The molecule has 1 aromatic rings. The van der Waals surface area contributed by atoms with Crippen molar-refractivity contribution >= 4 is 10.0 Å². The molecule has 1 aliphatic heterocycles. The zero-order valence-corrected chi connectivity index (χ0v) is 11.3. The summed E-state index contributed by atoms with van der Waals surface area (Å²) in [6.07, 6.45) is 2.72. The van der Waals surface area contributed by atoms with Crippen molar-refractivity contribution in [3.8, 4) is 0 Å². The van der Waals surface area contributed by atoms with Gasteiger partial charge in [-0.15, -0.1) is 0 Å². The molecular weight excluding hydrogens is 254 g/mol. The summed E-state index contributed by atoms with van der Waals surface area (Å²) in [6, 6.07) is 1.82. The highest BCUT2D eigenvalue weighted by Gasteiger charge is 2.21. The van der Waals surface area contributed by atoms with Crippen LogP contribution in [0.5, 0.6) is 0 Å². The van der Waals surface area contributed by atoms with Crippen LogP contribution in [0.3, 0.4) is 0 Å². The SMILES string of the molecule is Cc1cc(CNS(=O)(=O)CC2CCCCO2)n[nH]1. The van der Waals surface area contributed by atoms with E-state index in [-0.39, 0.29) is 18.4 Å². The molecule has 0 saturated carbocycles. The number of hydrogen-bond acceptors (Lipinski definition) is 4. The van der Waals surface area contributed by atoms with Crippen molar-refractivity contribution in [2.45, 2.75) is 38.8 Å². The fraction of sp³-hybridized carbons (Fsp3) is 0.727. The van der Waals surface area contributed by atoms with Gasteiger partial charge < -0.3 is 4.74 Å². The summed E-state index contributed by atoms with van der Waals surface area (Å²) in [5.41, 5.74) is 1.61. The first-order valence-corrected chi connectivity index (χ1v) is 7.80. The van der Waals surface area contributed by atoms with Crippen molar-refractivity contribution in [2.24, 2.45) is 0 Å². The molecule has 1 unspecified atom stereocenters. The Kier molecular flexibility index (Phi) is 4.36. The smallest absolute Gasteiger partial charge is 0.214 e. The van der Waals surface area contributed by atoms with Crippen molar-refractivity contribution < 1.29 is 13.2 Å². The Morgan fingerprint density at radius 1 is 1.56 bits per heavy atom. The highest BCUT2D eigenvalue weighted by atomic mass is 32.2. The Morgan fingerprint density at radius 3 is 3.00 bits per heavy atom. The van der Waals surface area contributed by atoms with Crippen LogP contribution in [0.15, 0.2) is 6.07 Å². The van der Waals surface area contributed by atoms with E-state index in [0.29, 0.717) is 12.3 Å². The third-order valence-corrected chi connectivity index (χ3v) is 4.31. The molecule has 0 spiro atoms. The summed E-state index contributed by atoms with van der Waals surface area (Å²) < 4.78 is 31.7. The fourth-order valence-electron chi connectivity index (χ4n) is 1.99. The van der Waals surface area contributed by atoms with Crippen LogP contribution in [-0.2, 0) is 21.3 Å². The monoisotopic (exact) mass is 273 g/mol. The number of aromatic amines is 1. The maximum absolute atomic E-state index is 11.8. The number of aryl methyl sites for hydroxylation is 1. The number of rotatable bonds is 5. The molecule has 0 bridgehead atoms. The third kappa shape index (κ3) is 4.08. The third-order valence-electron chi connectivity index (χ3n) is 2.91. The van der Waals surface area contributed by atoms with Gasteiger partial charge in [-0.3, -0.25) is 5.10 Å². The molecule has 1 atom stereocenters. The standard InChI is InChI=1S/C11H19N3O3S/c1-9-6-10(14-13-9)7-12-18(15,16)8-11-4-2-3-5-17-11/h6,11-12H,2-5,7-8H2,1H3,(H,13,14). The molecule has 7 heteroatoms. The Hall–Kier alpha value is -0.920. The number of hydrogen-bond donors (Lipinski definition) is 2. The lowest BCUT2D eigenvalue weighted by atomic mass is 10.1. The van der Waals surface area contributed by atoms with Gasteiger partial charge >= 0.3 is 0 Å². The summed E-state index contributed by atoms with van der Waals surface area (Å²) in [7, 11) is -3.30. The van der Waals surface area contributed by atoms with E-state index in [0.717, 1.165) is 25.0 Å². The largest absolute Gasteiger partial charge is 0.377 e. The van der Waals surface area contributed by atoms with E-state index < -0.39 is 10.0 Å². The van der Waals surface area contributed by atoms with Crippen LogP contribution in [0, 0.1) is 6.92 Å². The molecule has 0 radical (unpaired) electrons. The van der Waals surface area contributed by atoms with Crippen molar-refractivity contribution in [3.63, 3.8) is 0 Å². The number of sulfonamides is 1. The van der Waals surface area contributed by atoms with Gasteiger partial charge in [0.05, 0.1) is 24.1 Å². The van der Waals surface area contributed by atoms with E-state index >= 15 is 0 Å². The minimum atomic E-state index is -3.30. The maximum atomic E-state index is 11.8. The summed E-state index contributed by atoms with van der Waals surface area (Å²) in [6.45, 7) is 2.76. The summed E-state index contributed by atoms with van der Waals surface area (Å²) >= 11 is 0. The molecule has 102 valence electrons. The molecule has 2 heterocycles. The lowest BCUT2D eigenvalue weighted by molar-refractivity contribution is 0.0304. The van der Waals surface area contributed by atoms with Crippen LogP contribution in [-0.4, -0.2) is 37.1 Å². The maximum Gasteiger partial charge on any atom is 0.214 e. The molecule has 1 fully saturated rings. The lowest BCUT2D eigenvalue weighted by Crippen LogP contribution is -2.34. The molecule has 0 aliphatic carbocycles. The predicted molar refractivity (Wildman–Crippen MR) is 67.5 cm³/mol. The molecule has 2 rings (SSSR count). The average molecular weight is 273 g/mol. The Balaban J connectivity index is 1.83. The van der Waals surface area contributed by atoms with Crippen LogP contribution >= 0.6 is 0 Å². The molecule has 18 heavy (non-hydrogen) atoms. The van der Waals surface area contributed by atoms with E-state index in [9.17, 15) is 8.42 Å². The Bertz CT molecular complexity index is 477. The van der Waals surface area contributed by atoms with E-state index in [4.69, 9.17) is 4.74 Å². The molecule has 1 aliphatic rings. The minimum absolute atomic E-state index is 0.0381. The zero-order valence-electron chi connectivity index (χ0n) is 10.5. The van der Waals surface area contributed by atoms with Crippen molar-refractivity contribution in [2.75, 3.05) is 12.4 Å². The predicted octanol–water partition coefficient (Wildman–Crippen LogP) is 0.707. The van der Waals surface area contributed by atoms with Crippen LogP contribution in [0.1, 0.15) is 30.7 Å². The van der Waals surface area contributed by atoms with Gasteiger partial charge in [-0.05, 0) is 32.3 Å². The summed E-state index contributed by atoms with van der Waals surface area (Å²) in [4.78, 5) is 0. The van der Waals surface area contributed by atoms with Crippen LogP contribution in [0.2, 0.25) is 0 Å². The quantitative estimate of drug-likeness (QED) is 0.827. The van der Waals surface area contributed by atoms with Crippen molar-refractivity contribution in [1.29, 1.82) is 0 Å². The van der Waals surface area contributed by atoms with E-state index in [1.807, 2.05) is 13.0 Å². The lowest BCUT2D eigenvalue weighted by Gasteiger charge is -2.22. The molecule has 1 aromatic heterocycles. The van der Waals surface area contributed by atoms with Crippen LogP contribution in [0.25, 0.3) is 0 Å². The van der Waals surface area contributed by atoms with E-state index in [1.54, 1.807) is 0 Å². The number of nitrogens with one attached hydrogen (secondary N) is 2. The summed E-state index contributed by atoms with van der Waals surface area (Å²) in [5, 5.41) is 6.76. The van der Waals surface area contributed by atoms with Gasteiger partial charge in [-0.2, -0.15) is 5.10 Å². The van der Waals surface area contributed by atoms with Gasteiger partial charge in [-0.25, -0.2) is 13.1 Å². The van der Waals surface area contributed by atoms with E-state index in [2.05, 4.69) is 14.9 Å². The molecule has 0 amide bonds. The number of H-pyrrole nitrogens is 1. The van der Waals surface area contributed by atoms with Crippen molar-refractivity contribution in [3.05, 3.63) is 17.5 Å². The Labute approximate surface area is 107 Å². The molecule has 0 aromatic carbocycles. The second-order valence-electron chi connectivity index (χ2n) is 4.63. The van der Waals surface area contributed by atoms with Gasteiger partial charge in [0.2, 0.25) is 10.0 Å². The minimum Gasteiger partial charge on any atom is -0.377 e. The second kappa shape index (κ2) is 5.81. The first kappa shape index (κ1) is 13.5. The topological polar surface area (TPSA) is 84.1 Å². The average Bonchev–Trinajstić information content (AvgIpc) is 2.74. The normalized spacial score (nSPS) is 21.1. The van der Waals surface area contributed by atoms with Gasteiger partial charge in [0.15, 0.2) is 0 Å². The fourth-order valence-corrected chi connectivity index (χ4v) is 3.23. The van der Waals surface area contributed by atoms with Gasteiger partial charge in [0.1, 0.15) is 0 Å². The highest BCUT2D eigenvalue weighted by molar-refractivity contribution is 7.89. The first-order chi connectivity index (χ1) is 8.55. The Morgan fingerprint density at radius 2 is 2.39 bits per heavy atom. The second-order valence-corrected chi connectivity index (χ2v) is 6.48. The molecule has 2 N–H and O–H groups in total. The van der Waals surface area contributed by atoms with Crippen LogP contribution < -0.4 is 4.72 Å². The first-order valence-electron chi connectivity index (χ1n) is 6.15. The number of aromatic nitrogens is 2. The molecular formula is C11H19N3O3S. The number of nitrogens with zero attached hydrogens (tertiary/aromatic N) is 1. The molecule has 6 nitrogen and oxygen atoms in total. The zero-order chi connectivity index (χ0) is 13.0. The van der Waals surface area contributed by atoms with Gasteiger partial charge in [0, 0.05) is 12.3 Å². The van der Waals surface area contributed by atoms with Crippen molar-refractivity contribution in [1.82, 2.24) is 14.9 Å². The van der Waals surface area contributed by atoms with Gasteiger partial charge in [-0.1, -0.05) is 0 Å².